The maximum absolute atomic E-state index is 13.8. The molecule has 0 radical (unpaired) electrons. The van der Waals surface area contributed by atoms with E-state index in [1.54, 1.807) is 30.3 Å². The minimum Gasteiger partial charge on any atom is -0.488 e. The molecule has 31 heavy (non-hydrogen) atoms. The molecule has 0 aliphatic carbocycles. The highest BCUT2D eigenvalue weighted by atomic mass is 79.9. The molecular formula is C24H18BrFN2O2S. The zero-order chi connectivity index (χ0) is 21.8. The normalized spacial score (nSPS) is 16.0. The number of amidine groups is 1. The molecule has 0 spiro atoms. The monoisotopic (exact) mass is 496 g/mol. The molecule has 7 heteroatoms. The molecule has 0 unspecified atom stereocenters. The van der Waals surface area contributed by atoms with Gasteiger partial charge in [0.2, 0.25) is 0 Å². The lowest BCUT2D eigenvalue weighted by Gasteiger charge is -2.09. The van der Waals surface area contributed by atoms with Crippen molar-refractivity contribution in [3.8, 4) is 5.75 Å². The minimum atomic E-state index is -0.299. The van der Waals surface area contributed by atoms with E-state index < -0.39 is 0 Å². The van der Waals surface area contributed by atoms with Crippen molar-refractivity contribution in [1.29, 1.82) is 0 Å². The van der Waals surface area contributed by atoms with E-state index in [0.29, 0.717) is 21.4 Å². The number of carbonyl (C=O) groups excluding carboxylic acids is 1. The average molecular weight is 497 g/mol. The van der Waals surface area contributed by atoms with Crippen LogP contribution in [-0.4, -0.2) is 11.1 Å². The number of benzene rings is 3. The van der Waals surface area contributed by atoms with E-state index in [1.165, 1.54) is 17.8 Å². The van der Waals surface area contributed by atoms with E-state index in [-0.39, 0.29) is 18.3 Å². The van der Waals surface area contributed by atoms with Crippen LogP contribution in [0.3, 0.4) is 0 Å². The molecular weight excluding hydrogens is 479 g/mol. The second-order valence-corrected chi connectivity index (χ2v) is 8.77. The number of thioether (sulfide) groups is 1. The number of aliphatic imine (C=N–C) groups is 1. The number of halogens is 2. The summed E-state index contributed by atoms with van der Waals surface area (Å²) in [5, 5.41) is 3.34. The number of aryl methyl sites for hydroxylation is 1. The Morgan fingerprint density at radius 2 is 1.90 bits per heavy atom. The molecule has 0 aromatic heterocycles. The number of rotatable bonds is 5. The van der Waals surface area contributed by atoms with E-state index in [2.05, 4.69) is 26.2 Å². The lowest BCUT2D eigenvalue weighted by atomic mass is 10.2. The van der Waals surface area contributed by atoms with Crippen molar-refractivity contribution in [3.05, 3.63) is 98.6 Å². The molecule has 1 amide bonds. The molecule has 3 aromatic carbocycles. The van der Waals surface area contributed by atoms with Gasteiger partial charge in [-0.05, 0) is 76.6 Å². The Kier molecular flexibility index (Phi) is 6.53. The van der Waals surface area contributed by atoms with Crippen molar-refractivity contribution >= 4 is 50.5 Å². The molecule has 0 saturated carbocycles. The van der Waals surface area contributed by atoms with Crippen LogP contribution < -0.4 is 10.1 Å². The van der Waals surface area contributed by atoms with Crippen LogP contribution in [0.15, 0.2) is 81.1 Å². The number of nitrogens with one attached hydrogen (secondary N) is 1. The van der Waals surface area contributed by atoms with E-state index in [4.69, 9.17) is 4.74 Å². The fourth-order valence-corrected chi connectivity index (χ4v) is 4.22. The lowest BCUT2D eigenvalue weighted by molar-refractivity contribution is -0.115. The van der Waals surface area contributed by atoms with Gasteiger partial charge in [-0.25, -0.2) is 9.38 Å². The van der Waals surface area contributed by atoms with Crippen molar-refractivity contribution in [2.24, 2.45) is 4.99 Å². The van der Waals surface area contributed by atoms with Crippen LogP contribution in [0, 0.1) is 12.7 Å². The van der Waals surface area contributed by atoms with E-state index in [9.17, 15) is 9.18 Å². The Hall–Kier alpha value is -2.90. The summed E-state index contributed by atoms with van der Waals surface area (Å²) in [4.78, 5) is 17.4. The van der Waals surface area contributed by atoms with E-state index in [0.717, 1.165) is 21.3 Å². The standard InChI is InChI=1S/C24H18BrFN2O2S/c1-15-6-9-18(10-7-15)27-24-28-23(29)22(31-24)13-16-8-11-21(19(25)12-16)30-14-17-4-2-3-5-20(17)26/h2-13H,14H2,1H3,(H,27,28,29)/b22-13+. The number of ether oxygens (including phenoxy) is 1. The topological polar surface area (TPSA) is 50.7 Å². The van der Waals surface area contributed by atoms with Crippen LogP contribution >= 0.6 is 27.7 Å². The minimum absolute atomic E-state index is 0.128. The molecule has 1 N–H and O–H groups in total. The van der Waals surface area contributed by atoms with Gasteiger partial charge in [-0.15, -0.1) is 0 Å². The number of carbonyl (C=O) groups is 1. The predicted octanol–water partition coefficient (Wildman–Crippen LogP) is 6.37. The zero-order valence-electron chi connectivity index (χ0n) is 16.6. The summed E-state index contributed by atoms with van der Waals surface area (Å²) >= 11 is 4.78. The van der Waals surface area contributed by atoms with Gasteiger partial charge in [0.1, 0.15) is 18.2 Å². The highest BCUT2D eigenvalue weighted by molar-refractivity contribution is 9.10. The third-order valence-corrected chi connectivity index (χ3v) is 6.04. The Bertz CT molecular complexity index is 1190. The highest BCUT2D eigenvalue weighted by Crippen LogP contribution is 2.31. The van der Waals surface area contributed by atoms with Gasteiger partial charge in [0.25, 0.3) is 5.91 Å². The third-order valence-electron chi connectivity index (χ3n) is 4.51. The van der Waals surface area contributed by atoms with Crippen LogP contribution in [0.5, 0.6) is 5.75 Å². The average Bonchev–Trinajstić information content (AvgIpc) is 3.09. The first kappa shape index (κ1) is 21.3. The maximum atomic E-state index is 13.8. The fourth-order valence-electron chi connectivity index (χ4n) is 2.86. The summed E-state index contributed by atoms with van der Waals surface area (Å²) in [7, 11) is 0. The van der Waals surface area contributed by atoms with Crippen LogP contribution in [0.2, 0.25) is 0 Å². The number of nitrogens with zero attached hydrogens (tertiary/aromatic N) is 1. The summed E-state index contributed by atoms with van der Waals surface area (Å²) in [6.45, 7) is 2.14. The van der Waals surface area contributed by atoms with Crippen LogP contribution in [0.25, 0.3) is 6.08 Å². The van der Waals surface area contributed by atoms with Crippen molar-refractivity contribution in [1.82, 2.24) is 5.32 Å². The van der Waals surface area contributed by atoms with Gasteiger partial charge in [-0.2, -0.15) is 0 Å². The third kappa shape index (κ3) is 5.42. The summed E-state index contributed by atoms with van der Waals surface area (Å²) in [6, 6.07) is 19.8. The Labute approximate surface area is 192 Å². The summed E-state index contributed by atoms with van der Waals surface area (Å²) < 4.78 is 20.2. The molecule has 156 valence electrons. The molecule has 0 atom stereocenters. The second-order valence-electron chi connectivity index (χ2n) is 6.89. The smallest absolute Gasteiger partial charge is 0.264 e. The molecule has 1 fully saturated rings. The van der Waals surface area contributed by atoms with Gasteiger partial charge in [-0.1, -0.05) is 42.0 Å². The first-order chi connectivity index (χ1) is 15.0. The van der Waals surface area contributed by atoms with Gasteiger partial charge in [0.05, 0.1) is 15.1 Å². The Balaban J connectivity index is 1.46. The Morgan fingerprint density at radius 1 is 1.13 bits per heavy atom. The predicted molar refractivity (Wildman–Crippen MR) is 127 cm³/mol. The van der Waals surface area contributed by atoms with Gasteiger partial charge < -0.3 is 10.1 Å². The van der Waals surface area contributed by atoms with Gasteiger partial charge in [0, 0.05) is 5.56 Å². The molecule has 1 saturated heterocycles. The number of hydrogen-bond donors (Lipinski definition) is 1. The molecule has 4 nitrogen and oxygen atoms in total. The first-order valence-corrected chi connectivity index (χ1v) is 11.1. The molecule has 1 heterocycles. The largest absolute Gasteiger partial charge is 0.488 e. The summed E-state index contributed by atoms with van der Waals surface area (Å²) in [5.41, 5.74) is 3.26. The SMILES string of the molecule is Cc1ccc(N=C2NC(=O)/C(=C\c3ccc(OCc4ccccc4F)c(Br)c3)S2)cc1. The van der Waals surface area contributed by atoms with Gasteiger partial charge >= 0.3 is 0 Å². The fraction of sp³-hybridized carbons (Fsp3) is 0.0833. The van der Waals surface area contributed by atoms with Crippen molar-refractivity contribution in [3.63, 3.8) is 0 Å². The van der Waals surface area contributed by atoms with Gasteiger partial charge in [0.15, 0.2) is 5.17 Å². The summed E-state index contributed by atoms with van der Waals surface area (Å²) in [6.07, 6.45) is 1.79. The van der Waals surface area contributed by atoms with Gasteiger partial charge in [-0.3, -0.25) is 4.79 Å². The highest BCUT2D eigenvalue weighted by Gasteiger charge is 2.23. The van der Waals surface area contributed by atoms with E-state index in [1.807, 2.05) is 43.3 Å². The van der Waals surface area contributed by atoms with Crippen LogP contribution in [0.4, 0.5) is 10.1 Å². The molecule has 1 aliphatic rings. The first-order valence-electron chi connectivity index (χ1n) is 9.50. The molecule has 0 bridgehead atoms. The van der Waals surface area contributed by atoms with Crippen LogP contribution in [0.1, 0.15) is 16.7 Å². The quantitative estimate of drug-likeness (QED) is 0.417. The zero-order valence-corrected chi connectivity index (χ0v) is 19.0. The summed E-state index contributed by atoms with van der Waals surface area (Å²) in [5.74, 6) is 0.106. The van der Waals surface area contributed by atoms with Crippen molar-refractivity contribution < 1.29 is 13.9 Å². The van der Waals surface area contributed by atoms with Crippen LogP contribution in [-0.2, 0) is 11.4 Å². The molecule has 1 aliphatic heterocycles. The molecule has 4 rings (SSSR count). The molecule has 3 aromatic rings. The maximum Gasteiger partial charge on any atom is 0.264 e. The second kappa shape index (κ2) is 9.49. The van der Waals surface area contributed by atoms with Crippen molar-refractivity contribution in [2.75, 3.05) is 0 Å². The number of amides is 1. The Morgan fingerprint density at radius 3 is 2.65 bits per heavy atom. The number of hydrogen-bond acceptors (Lipinski definition) is 4. The van der Waals surface area contributed by atoms with E-state index >= 15 is 0 Å². The van der Waals surface area contributed by atoms with Crippen molar-refractivity contribution in [2.45, 2.75) is 13.5 Å². The lowest BCUT2D eigenvalue weighted by Crippen LogP contribution is -2.19.